The molecule has 0 aromatic heterocycles. The number of hydrogen-bond donors (Lipinski definition) is 0. The molecule has 1 unspecified atom stereocenters. The first-order valence-corrected chi connectivity index (χ1v) is 7.13. The molecule has 0 radical (unpaired) electrons. The fourth-order valence-corrected chi connectivity index (χ4v) is 2.53. The van der Waals surface area contributed by atoms with Gasteiger partial charge in [0.25, 0.3) is 0 Å². The van der Waals surface area contributed by atoms with Crippen molar-refractivity contribution in [3.8, 4) is 0 Å². The van der Waals surface area contributed by atoms with Gasteiger partial charge in [0.2, 0.25) is 0 Å². The molecule has 0 bridgehead atoms. The lowest BCUT2D eigenvalue weighted by Crippen LogP contribution is -2.34. The quantitative estimate of drug-likeness (QED) is 0.707. The molecule has 2 rings (SSSR count). The highest BCUT2D eigenvalue weighted by Gasteiger charge is 2.32. The van der Waals surface area contributed by atoms with Crippen LogP contribution in [0.1, 0.15) is 37.7 Å². The highest BCUT2D eigenvalue weighted by molar-refractivity contribution is 5.78. The Morgan fingerprint density at radius 2 is 2.05 bits per heavy atom. The Bertz CT molecular complexity index is 400. The summed E-state index contributed by atoms with van der Waals surface area (Å²) in [6.45, 7) is 4.02. The molecule has 1 saturated carbocycles. The number of carbonyl (C=O) groups is 1. The van der Waals surface area contributed by atoms with Gasteiger partial charge < -0.3 is 4.74 Å². The number of benzene rings is 1. The maximum Gasteiger partial charge on any atom is 0.314 e. The van der Waals surface area contributed by atoms with Gasteiger partial charge in [-0.25, -0.2) is 0 Å². The number of hydrogen-bond acceptors (Lipinski definition) is 3. The summed E-state index contributed by atoms with van der Waals surface area (Å²) in [5.41, 5.74) is 1.05. The molecule has 0 heterocycles. The van der Waals surface area contributed by atoms with Crippen LogP contribution in [-0.4, -0.2) is 37.1 Å². The number of esters is 1. The van der Waals surface area contributed by atoms with Gasteiger partial charge in [-0.15, -0.1) is 0 Å². The predicted molar refractivity (Wildman–Crippen MR) is 76.1 cm³/mol. The summed E-state index contributed by atoms with van der Waals surface area (Å²) < 4.78 is 4.98. The Hall–Kier alpha value is -1.35. The summed E-state index contributed by atoms with van der Waals surface area (Å²) in [4.78, 5) is 14.5. The zero-order valence-corrected chi connectivity index (χ0v) is 11.8. The molecule has 1 fully saturated rings. The Morgan fingerprint density at radius 3 is 2.58 bits per heavy atom. The molecule has 1 aromatic rings. The Labute approximate surface area is 115 Å². The van der Waals surface area contributed by atoms with E-state index in [9.17, 15) is 4.79 Å². The van der Waals surface area contributed by atoms with Crippen molar-refractivity contribution in [2.45, 2.75) is 38.1 Å². The van der Waals surface area contributed by atoms with Crippen LogP contribution in [0.5, 0.6) is 0 Å². The van der Waals surface area contributed by atoms with Gasteiger partial charge in [0.15, 0.2) is 0 Å². The molecule has 0 saturated heterocycles. The van der Waals surface area contributed by atoms with Gasteiger partial charge in [0.05, 0.1) is 13.0 Å². The highest BCUT2D eigenvalue weighted by Crippen LogP contribution is 2.30. The largest absolute Gasteiger partial charge is 0.469 e. The zero-order chi connectivity index (χ0) is 13.7. The molecule has 19 heavy (non-hydrogen) atoms. The average Bonchev–Trinajstić information content (AvgIpc) is 3.28. The van der Waals surface area contributed by atoms with Crippen molar-refractivity contribution in [3.63, 3.8) is 0 Å². The molecule has 0 N–H and O–H groups in total. The number of ether oxygens (including phenoxy) is 1. The zero-order valence-electron chi connectivity index (χ0n) is 11.8. The third-order valence-electron chi connectivity index (χ3n) is 3.68. The van der Waals surface area contributed by atoms with E-state index in [0.717, 1.165) is 25.1 Å². The summed E-state index contributed by atoms with van der Waals surface area (Å²) in [5.74, 6) is -0.300. The highest BCUT2D eigenvalue weighted by atomic mass is 16.5. The van der Waals surface area contributed by atoms with Crippen LogP contribution in [0.15, 0.2) is 30.3 Å². The molecular weight excluding hydrogens is 238 g/mol. The van der Waals surface area contributed by atoms with Crippen LogP contribution in [0.25, 0.3) is 0 Å². The smallest absolute Gasteiger partial charge is 0.314 e. The van der Waals surface area contributed by atoms with Crippen molar-refractivity contribution in [2.24, 2.45) is 0 Å². The summed E-state index contributed by atoms with van der Waals surface area (Å²) in [5, 5.41) is 0. The number of carbonyl (C=O) groups excluding carboxylic acids is 1. The topological polar surface area (TPSA) is 29.5 Å². The van der Waals surface area contributed by atoms with E-state index in [4.69, 9.17) is 4.74 Å². The van der Waals surface area contributed by atoms with Crippen LogP contribution in [0.2, 0.25) is 0 Å². The maximum atomic E-state index is 12.0. The van der Waals surface area contributed by atoms with E-state index in [-0.39, 0.29) is 11.9 Å². The first-order valence-electron chi connectivity index (χ1n) is 7.13. The minimum atomic E-state index is -0.168. The van der Waals surface area contributed by atoms with Crippen molar-refractivity contribution in [3.05, 3.63) is 35.9 Å². The fraction of sp³-hybridized carbons (Fsp3) is 0.562. The average molecular weight is 261 g/mol. The summed E-state index contributed by atoms with van der Waals surface area (Å²) >= 11 is 0. The van der Waals surface area contributed by atoms with Crippen LogP contribution >= 0.6 is 0 Å². The number of methoxy groups -OCH3 is 1. The monoisotopic (exact) mass is 261 g/mol. The van der Waals surface area contributed by atoms with Crippen molar-refractivity contribution >= 4 is 5.97 Å². The van der Waals surface area contributed by atoms with E-state index in [1.54, 1.807) is 0 Å². The van der Waals surface area contributed by atoms with E-state index in [0.29, 0.717) is 6.04 Å². The van der Waals surface area contributed by atoms with E-state index in [2.05, 4.69) is 11.8 Å². The van der Waals surface area contributed by atoms with Gasteiger partial charge in [0.1, 0.15) is 0 Å². The SMILES string of the molecule is CCCN(CC(C(=O)OC)c1ccccc1)C1CC1. The Morgan fingerprint density at radius 1 is 1.37 bits per heavy atom. The van der Waals surface area contributed by atoms with Crippen molar-refractivity contribution in [1.29, 1.82) is 0 Å². The lowest BCUT2D eigenvalue weighted by molar-refractivity contribution is -0.143. The normalized spacial score (nSPS) is 16.4. The molecule has 1 atom stereocenters. The van der Waals surface area contributed by atoms with Crippen LogP contribution in [-0.2, 0) is 9.53 Å². The molecule has 0 aliphatic heterocycles. The van der Waals surface area contributed by atoms with Gasteiger partial charge >= 0.3 is 5.97 Å². The minimum absolute atomic E-state index is 0.132. The van der Waals surface area contributed by atoms with Crippen LogP contribution < -0.4 is 0 Å². The molecule has 104 valence electrons. The minimum Gasteiger partial charge on any atom is -0.469 e. The number of nitrogens with zero attached hydrogens (tertiary/aromatic N) is 1. The third-order valence-corrected chi connectivity index (χ3v) is 3.68. The van der Waals surface area contributed by atoms with E-state index in [1.807, 2.05) is 30.3 Å². The summed E-state index contributed by atoms with van der Waals surface area (Å²) in [7, 11) is 1.47. The lowest BCUT2D eigenvalue weighted by atomic mass is 9.98. The van der Waals surface area contributed by atoms with Crippen molar-refractivity contribution in [1.82, 2.24) is 4.90 Å². The number of rotatable bonds is 7. The third kappa shape index (κ3) is 3.80. The molecular formula is C16H23NO2. The maximum absolute atomic E-state index is 12.0. The van der Waals surface area contributed by atoms with E-state index >= 15 is 0 Å². The Balaban J connectivity index is 2.11. The van der Waals surface area contributed by atoms with Gasteiger partial charge in [-0.3, -0.25) is 9.69 Å². The predicted octanol–water partition coefficient (Wildman–Crippen LogP) is 2.82. The van der Waals surface area contributed by atoms with Crippen LogP contribution in [0.3, 0.4) is 0 Å². The standard InChI is InChI=1S/C16H23NO2/c1-3-11-17(14-9-10-14)12-15(16(18)19-2)13-7-5-4-6-8-13/h4-8,14-15H,3,9-12H2,1-2H3. The summed E-state index contributed by atoms with van der Waals surface area (Å²) in [6.07, 6.45) is 3.66. The van der Waals surface area contributed by atoms with Crippen LogP contribution in [0, 0.1) is 0 Å². The van der Waals surface area contributed by atoms with Crippen molar-refractivity contribution < 1.29 is 9.53 Å². The summed E-state index contributed by atoms with van der Waals surface area (Å²) in [6, 6.07) is 10.6. The first-order chi connectivity index (χ1) is 9.26. The molecule has 3 heteroatoms. The van der Waals surface area contributed by atoms with Gasteiger partial charge in [-0.05, 0) is 31.4 Å². The van der Waals surface area contributed by atoms with Gasteiger partial charge in [0, 0.05) is 12.6 Å². The molecule has 0 spiro atoms. The van der Waals surface area contributed by atoms with E-state index in [1.165, 1.54) is 20.0 Å². The van der Waals surface area contributed by atoms with Gasteiger partial charge in [-0.2, -0.15) is 0 Å². The molecule has 3 nitrogen and oxygen atoms in total. The lowest BCUT2D eigenvalue weighted by Gasteiger charge is -2.26. The second-order valence-electron chi connectivity index (χ2n) is 5.21. The van der Waals surface area contributed by atoms with E-state index < -0.39 is 0 Å². The van der Waals surface area contributed by atoms with Gasteiger partial charge in [-0.1, -0.05) is 37.3 Å². The Kier molecular flexibility index (Phi) is 4.97. The molecule has 1 aromatic carbocycles. The first kappa shape index (κ1) is 14.1. The fourth-order valence-electron chi connectivity index (χ4n) is 2.53. The second kappa shape index (κ2) is 6.71. The second-order valence-corrected chi connectivity index (χ2v) is 5.21. The molecule has 1 aliphatic carbocycles. The van der Waals surface area contributed by atoms with Crippen LogP contribution in [0.4, 0.5) is 0 Å². The van der Waals surface area contributed by atoms with Crippen molar-refractivity contribution in [2.75, 3.05) is 20.2 Å². The molecule has 0 amide bonds. The molecule has 1 aliphatic rings.